The van der Waals surface area contributed by atoms with Crippen LogP contribution in [0, 0.1) is 11.6 Å². The Labute approximate surface area is 124 Å². The Morgan fingerprint density at radius 1 is 1.10 bits per heavy atom. The van der Waals surface area contributed by atoms with Crippen LogP contribution in [0.25, 0.3) is 0 Å². The van der Waals surface area contributed by atoms with Crippen molar-refractivity contribution >= 4 is 15.9 Å². The SMILES string of the molecule is CNCc1ccc(OCc2ccc(Br)cc2F)c(F)c1. The van der Waals surface area contributed by atoms with Gasteiger partial charge in [0.2, 0.25) is 0 Å². The van der Waals surface area contributed by atoms with E-state index in [1.54, 1.807) is 31.3 Å². The number of hydrogen-bond donors (Lipinski definition) is 1. The van der Waals surface area contributed by atoms with Crippen molar-refractivity contribution in [3.05, 3.63) is 63.6 Å². The first-order valence-corrected chi connectivity index (χ1v) is 6.89. The van der Waals surface area contributed by atoms with Crippen molar-refractivity contribution in [1.29, 1.82) is 0 Å². The summed E-state index contributed by atoms with van der Waals surface area (Å²) in [5.41, 5.74) is 1.21. The van der Waals surface area contributed by atoms with Gasteiger partial charge in [-0.2, -0.15) is 0 Å². The van der Waals surface area contributed by atoms with Crippen LogP contribution in [-0.2, 0) is 13.2 Å². The third-order valence-electron chi connectivity index (χ3n) is 2.78. The molecule has 0 radical (unpaired) electrons. The topological polar surface area (TPSA) is 21.3 Å². The van der Waals surface area contributed by atoms with Crippen molar-refractivity contribution in [2.24, 2.45) is 0 Å². The Bertz CT molecular complexity index is 604. The normalized spacial score (nSPS) is 10.6. The first-order valence-electron chi connectivity index (χ1n) is 6.10. The maximum atomic E-state index is 13.8. The van der Waals surface area contributed by atoms with Gasteiger partial charge in [0.05, 0.1) is 0 Å². The Balaban J connectivity index is 2.07. The Morgan fingerprint density at radius 3 is 2.55 bits per heavy atom. The second-order valence-corrected chi connectivity index (χ2v) is 5.24. The van der Waals surface area contributed by atoms with Gasteiger partial charge in [0, 0.05) is 16.6 Å². The number of ether oxygens (including phenoxy) is 1. The molecular weight excluding hydrogens is 328 g/mol. The molecule has 0 spiro atoms. The lowest BCUT2D eigenvalue weighted by atomic mass is 10.2. The van der Waals surface area contributed by atoms with E-state index in [1.165, 1.54) is 12.1 Å². The molecule has 0 saturated heterocycles. The third kappa shape index (κ3) is 3.77. The number of nitrogens with one attached hydrogen (secondary N) is 1. The standard InChI is InChI=1S/C15H14BrF2NO/c1-19-8-10-2-5-15(14(18)6-10)20-9-11-3-4-12(16)7-13(11)17/h2-7,19H,8-9H2,1H3. The molecule has 0 aliphatic rings. The minimum absolute atomic E-state index is 0.0125. The van der Waals surface area contributed by atoms with Crippen molar-refractivity contribution in [3.8, 4) is 5.75 Å². The predicted molar refractivity (Wildman–Crippen MR) is 77.6 cm³/mol. The van der Waals surface area contributed by atoms with Crippen LogP contribution in [0.1, 0.15) is 11.1 Å². The molecule has 0 aliphatic carbocycles. The molecular formula is C15H14BrF2NO. The minimum Gasteiger partial charge on any atom is -0.486 e. The average molecular weight is 342 g/mol. The quantitative estimate of drug-likeness (QED) is 0.886. The van der Waals surface area contributed by atoms with E-state index in [2.05, 4.69) is 21.2 Å². The van der Waals surface area contributed by atoms with Crippen LogP contribution in [0.5, 0.6) is 5.75 Å². The third-order valence-corrected chi connectivity index (χ3v) is 3.27. The molecule has 2 nitrogen and oxygen atoms in total. The molecule has 0 atom stereocenters. The molecule has 0 amide bonds. The highest BCUT2D eigenvalue weighted by Crippen LogP contribution is 2.21. The second kappa shape index (κ2) is 6.81. The van der Waals surface area contributed by atoms with Crippen LogP contribution in [0.4, 0.5) is 8.78 Å². The van der Waals surface area contributed by atoms with Gasteiger partial charge in [-0.15, -0.1) is 0 Å². The van der Waals surface area contributed by atoms with Crippen LogP contribution >= 0.6 is 15.9 Å². The van der Waals surface area contributed by atoms with Crippen molar-refractivity contribution in [2.45, 2.75) is 13.2 Å². The van der Waals surface area contributed by atoms with Gasteiger partial charge in [0.1, 0.15) is 12.4 Å². The van der Waals surface area contributed by atoms with Crippen molar-refractivity contribution in [2.75, 3.05) is 7.05 Å². The van der Waals surface area contributed by atoms with E-state index in [0.717, 1.165) is 5.56 Å². The van der Waals surface area contributed by atoms with E-state index in [-0.39, 0.29) is 18.2 Å². The molecule has 5 heteroatoms. The van der Waals surface area contributed by atoms with Crippen LogP contribution in [0.2, 0.25) is 0 Å². The van der Waals surface area contributed by atoms with Gasteiger partial charge in [-0.25, -0.2) is 8.78 Å². The summed E-state index contributed by atoms with van der Waals surface area (Å²) in [5, 5.41) is 2.94. The van der Waals surface area contributed by atoms with Crippen molar-refractivity contribution < 1.29 is 13.5 Å². The van der Waals surface area contributed by atoms with Crippen LogP contribution in [-0.4, -0.2) is 7.05 Å². The number of rotatable bonds is 5. The summed E-state index contributed by atoms with van der Waals surface area (Å²) in [6.45, 7) is 0.569. The highest BCUT2D eigenvalue weighted by molar-refractivity contribution is 9.10. The van der Waals surface area contributed by atoms with E-state index < -0.39 is 5.82 Å². The molecule has 2 aromatic rings. The van der Waals surface area contributed by atoms with Gasteiger partial charge in [0.25, 0.3) is 0 Å². The molecule has 2 rings (SSSR count). The molecule has 0 unspecified atom stereocenters. The summed E-state index contributed by atoms with van der Waals surface area (Å²) in [6.07, 6.45) is 0. The Kier molecular flexibility index (Phi) is 5.09. The fourth-order valence-electron chi connectivity index (χ4n) is 1.77. The molecule has 0 bridgehead atoms. The smallest absolute Gasteiger partial charge is 0.165 e. The fraction of sp³-hybridized carbons (Fsp3) is 0.200. The zero-order valence-corrected chi connectivity index (χ0v) is 12.5. The van der Waals surface area contributed by atoms with E-state index in [4.69, 9.17) is 4.74 Å². The Hall–Kier alpha value is -1.46. The van der Waals surface area contributed by atoms with Crippen molar-refractivity contribution in [3.63, 3.8) is 0 Å². The maximum absolute atomic E-state index is 13.8. The van der Waals surface area contributed by atoms with Crippen LogP contribution in [0.3, 0.4) is 0 Å². The lowest BCUT2D eigenvalue weighted by molar-refractivity contribution is 0.284. The van der Waals surface area contributed by atoms with Gasteiger partial charge >= 0.3 is 0 Å². The molecule has 0 fully saturated rings. The van der Waals surface area contributed by atoms with Gasteiger partial charge in [-0.3, -0.25) is 0 Å². The summed E-state index contributed by atoms with van der Waals surface area (Å²) >= 11 is 3.18. The van der Waals surface area contributed by atoms with E-state index in [9.17, 15) is 8.78 Å². The lowest BCUT2D eigenvalue weighted by Crippen LogP contribution is -2.06. The first-order chi connectivity index (χ1) is 9.60. The highest BCUT2D eigenvalue weighted by Gasteiger charge is 2.07. The number of benzene rings is 2. The van der Waals surface area contributed by atoms with Crippen molar-refractivity contribution in [1.82, 2.24) is 5.32 Å². The van der Waals surface area contributed by atoms with Crippen LogP contribution in [0.15, 0.2) is 40.9 Å². The Morgan fingerprint density at radius 2 is 1.90 bits per heavy atom. The predicted octanol–water partition coefficient (Wildman–Crippen LogP) is 4.03. The summed E-state index contributed by atoms with van der Waals surface area (Å²) in [6, 6.07) is 9.40. The maximum Gasteiger partial charge on any atom is 0.165 e. The molecule has 1 N–H and O–H groups in total. The first kappa shape index (κ1) is 14.9. The molecule has 20 heavy (non-hydrogen) atoms. The van der Waals surface area contributed by atoms with E-state index in [1.807, 2.05) is 0 Å². The molecule has 0 aromatic heterocycles. The zero-order chi connectivity index (χ0) is 14.5. The fourth-order valence-corrected chi connectivity index (χ4v) is 2.10. The minimum atomic E-state index is -0.449. The average Bonchev–Trinajstić information content (AvgIpc) is 2.40. The molecule has 0 saturated carbocycles. The summed E-state index contributed by atoms with van der Waals surface area (Å²) in [4.78, 5) is 0. The largest absolute Gasteiger partial charge is 0.486 e. The summed E-state index contributed by atoms with van der Waals surface area (Å²) in [7, 11) is 1.79. The monoisotopic (exact) mass is 341 g/mol. The van der Waals surface area contributed by atoms with Gasteiger partial charge in [0.15, 0.2) is 11.6 Å². The summed E-state index contributed by atoms with van der Waals surface area (Å²) < 4.78 is 33.4. The molecule has 0 heterocycles. The molecule has 106 valence electrons. The van der Waals surface area contributed by atoms with E-state index in [0.29, 0.717) is 16.6 Å². The highest BCUT2D eigenvalue weighted by atomic mass is 79.9. The summed E-state index contributed by atoms with van der Waals surface area (Å²) in [5.74, 6) is -0.714. The van der Waals surface area contributed by atoms with Gasteiger partial charge < -0.3 is 10.1 Å². The number of halogens is 3. The van der Waals surface area contributed by atoms with E-state index >= 15 is 0 Å². The number of hydrogen-bond acceptors (Lipinski definition) is 2. The van der Waals surface area contributed by atoms with Crippen LogP contribution < -0.4 is 10.1 Å². The second-order valence-electron chi connectivity index (χ2n) is 4.32. The zero-order valence-electron chi connectivity index (χ0n) is 10.9. The van der Waals surface area contributed by atoms with Gasteiger partial charge in [-0.05, 0) is 36.9 Å². The molecule has 0 aliphatic heterocycles. The van der Waals surface area contributed by atoms with Gasteiger partial charge in [-0.1, -0.05) is 28.1 Å². The lowest BCUT2D eigenvalue weighted by Gasteiger charge is -2.09. The molecule has 2 aromatic carbocycles.